The summed E-state index contributed by atoms with van der Waals surface area (Å²) in [5.41, 5.74) is 1.45. The fourth-order valence-electron chi connectivity index (χ4n) is 4.06. The van der Waals surface area contributed by atoms with Crippen LogP contribution in [0.1, 0.15) is 44.1 Å². The number of rotatable bonds is 5. The molecule has 5 nitrogen and oxygen atoms in total. The van der Waals surface area contributed by atoms with Crippen molar-refractivity contribution in [2.45, 2.75) is 51.0 Å². The number of hydrogen-bond acceptors (Lipinski definition) is 5. The molecular formula is C20H27N5. The predicted octanol–water partition coefficient (Wildman–Crippen LogP) is 3.69. The minimum Gasteiger partial charge on any atom is -0.366 e. The van der Waals surface area contributed by atoms with Crippen molar-refractivity contribution >= 4 is 11.8 Å². The molecule has 0 amide bonds. The van der Waals surface area contributed by atoms with E-state index in [1.807, 2.05) is 0 Å². The highest BCUT2D eigenvalue weighted by Crippen LogP contribution is 2.25. The first-order chi connectivity index (χ1) is 12.4. The molecular weight excluding hydrogens is 310 g/mol. The van der Waals surface area contributed by atoms with E-state index < -0.39 is 0 Å². The van der Waals surface area contributed by atoms with Crippen LogP contribution in [0.25, 0.3) is 0 Å². The second-order valence-electron chi connectivity index (χ2n) is 7.39. The van der Waals surface area contributed by atoms with Crippen LogP contribution in [-0.4, -0.2) is 34.3 Å². The van der Waals surface area contributed by atoms with Gasteiger partial charge in [-0.05, 0) is 43.6 Å². The van der Waals surface area contributed by atoms with Gasteiger partial charge in [-0.2, -0.15) is 10.1 Å². The van der Waals surface area contributed by atoms with Gasteiger partial charge in [0.15, 0.2) is 5.82 Å². The van der Waals surface area contributed by atoms with E-state index in [4.69, 9.17) is 4.98 Å². The first-order valence-electron chi connectivity index (χ1n) is 9.62. The quantitative estimate of drug-likeness (QED) is 0.902. The SMILES string of the molecule is c1ccc(CC2CCN(c3nncc(NC4CCCC4)n3)CC2)cc1. The Hall–Kier alpha value is -2.17. The zero-order valence-corrected chi connectivity index (χ0v) is 14.8. The van der Waals surface area contributed by atoms with Gasteiger partial charge in [0.25, 0.3) is 0 Å². The molecule has 1 aliphatic carbocycles. The molecule has 5 heteroatoms. The summed E-state index contributed by atoms with van der Waals surface area (Å²) >= 11 is 0. The van der Waals surface area contributed by atoms with Gasteiger partial charge in [0.1, 0.15) is 0 Å². The van der Waals surface area contributed by atoms with Crippen molar-refractivity contribution in [3.8, 4) is 0 Å². The number of benzene rings is 1. The van der Waals surface area contributed by atoms with Gasteiger partial charge < -0.3 is 10.2 Å². The predicted molar refractivity (Wildman–Crippen MR) is 101 cm³/mol. The Morgan fingerprint density at radius 1 is 1.00 bits per heavy atom. The van der Waals surface area contributed by atoms with Gasteiger partial charge in [-0.3, -0.25) is 0 Å². The second kappa shape index (κ2) is 7.81. The molecule has 1 aromatic heterocycles. The van der Waals surface area contributed by atoms with Crippen molar-refractivity contribution in [1.29, 1.82) is 0 Å². The molecule has 2 aromatic rings. The van der Waals surface area contributed by atoms with Gasteiger partial charge in [-0.15, -0.1) is 5.10 Å². The summed E-state index contributed by atoms with van der Waals surface area (Å²) in [6.07, 6.45) is 10.4. The molecule has 2 aliphatic rings. The summed E-state index contributed by atoms with van der Waals surface area (Å²) in [5.74, 6) is 2.41. The molecule has 132 valence electrons. The van der Waals surface area contributed by atoms with Crippen molar-refractivity contribution in [2.75, 3.05) is 23.3 Å². The van der Waals surface area contributed by atoms with Crippen LogP contribution in [0.5, 0.6) is 0 Å². The maximum atomic E-state index is 4.71. The largest absolute Gasteiger partial charge is 0.366 e. The Morgan fingerprint density at radius 2 is 1.76 bits per heavy atom. The van der Waals surface area contributed by atoms with Crippen LogP contribution >= 0.6 is 0 Å². The third-order valence-corrected chi connectivity index (χ3v) is 5.52. The number of nitrogens with one attached hydrogen (secondary N) is 1. The van der Waals surface area contributed by atoms with Crippen molar-refractivity contribution in [3.05, 3.63) is 42.1 Å². The zero-order valence-electron chi connectivity index (χ0n) is 14.8. The lowest BCUT2D eigenvalue weighted by Crippen LogP contribution is -2.35. The molecule has 25 heavy (non-hydrogen) atoms. The minimum absolute atomic E-state index is 0.557. The van der Waals surface area contributed by atoms with Crippen molar-refractivity contribution < 1.29 is 0 Å². The highest BCUT2D eigenvalue weighted by Gasteiger charge is 2.22. The van der Waals surface area contributed by atoms with Gasteiger partial charge in [0.2, 0.25) is 5.95 Å². The summed E-state index contributed by atoms with van der Waals surface area (Å²) in [7, 11) is 0. The molecule has 1 saturated heterocycles. The van der Waals surface area contributed by atoms with Crippen LogP contribution in [-0.2, 0) is 6.42 Å². The molecule has 2 fully saturated rings. The Kier molecular flexibility index (Phi) is 5.09. The number of nitrogens with zero attached hydrogens (tertiary/aromatic N) is 4. The molecule has 4 rings (SSSR count). The maximum Gasteiger partial charge on any atom is 0.247 e. The van der Waals surface area contributed by atoms with Gasteiger partial charge in [-0.25, -0.2) is 0 Å². The molecule has 0 radical (unpaired) electrons. The van der Waals surface area contributed by atoms with E-state index in [1.54, 1.807) is 6.20 Å². The van der Waals surface area contributed by atoms with E-state index in [1.165, 1.54) is 50.5 Å². The van der Waals surface area contributed by atoms with Crippen LogP contribution in [0.15, 0.2) is 36.5 Å². The highest BCUT2D eigenvalue weighted by molar-refractivity contribution is 5.40. The number of aromatic nitrogens is 3. The summed E-state index contributed by atoms with van der Waals surface area (Å²) in [6, 6.07) is 11.4. The summed E-state index contributed by atoms with van der Waals surface area (Å²) in [4.78, 5) is 7.00. The molecule has 1 aliphatic heterocycles. The number of hydrogen-bond donors (Lipinski definition) is 1. The molecule has 2 heterocycles. The normalized spacial score (nSPS) is 19.3. The van der Waals surface area contributed by atoms with Crippen LogP contribution in [0.3, 0.4) is 0 Å². The lowest BCUT2D eigenvalue weighted by Gasteiger charge is -2.32. The Morgan fingerprint density at radius 3 is 2.52 bits per heavy atom. The first kappa shape index (κ1) is 16.3. The Balaban J connectivity index is 1.32. The fraction of sp³-hybridized carbons (Fsp3) is 0.550. The van der Waals surface area contributed by atoms with E-state index in [2.05, 4.69) is 50.7 Å². The van der Waals surface area contributed by atoms with Gasteiger partial charge in [0, 0.05) is 19.1 Å². The van der Waals surface area contributed by atoms with Crippen LogP contribution < -0.4 is 10.2 Å². The molecule has 1 saturated carbocycles. The minimum atomic E-state index is 0.557. The Bertz CT molecular complexity index is 661. The van der Waals surface area contributed by atoms with E-state index in [0.29, 0.717) is 6.04 Å². The standard InChI is InChI=1S/C20H27N5/c1-2-6-16(7-3-1)14-17-10-12-25(13-11-17)20-23-19(15-21-24-20)22-18-8-4-5-9-18/h1-3,6-7,15,17-18H,4-5,8-14H2,(H,22,23,24). The number of anilines is 2. The van der Waals surface area contributed by atoms with Crippen LogP contribution in [0.2, 0.25) is 0 Å². The smallest absolute Gasteiger partial charge is 0.247 e. The van der Waals surface area contributed by atoms with Crippen molar-refractivity contribution in [1.82, 2.24) is 15.2 Å². The average molecular weight is 337 g/mol. The summed E-state index contributed by atoms with van der Waals surface area (Å²) in [6.45, 7) is 2.04. The van der Waals surface area contributed by atoms with Crippen LogP contribution in [0, 0.1) is 5.92 Å². The fourth-order valence-corrected chi connectivity index (χ4v) is 4.06. The molecule has 1 aromatic carbocycles. The van der Waals surface area contributed by atoms with Crippen molar-refractivity contribution in [2.24, 2.45) is 5.92 Å². The summed E-state index contributed by atoms with van der Waals surface area (Å²) < 4.78 is 0. The summed E-state index contributed by atoms with van der Waals surface area (Å²) in [5, 5.41) is 12.0. The molecule has 0 spiro atoms. The van der Waals surface area contributed by atoms with E-state index in [0.717, 1.165) is 30.8 Å². The first-order valence-corrected chi connectivity index (χ1v) is 9.62. The monoisotopic (exact) mass is 337 g/mol. The molecule has 1 N–H and O–H groups in total. The molecule has 0 atom stereocenters. The number of piperidine rings is 1. The molecule has 0 unspecified atom stereocenters. The third-order valence-electron chi connectivity index (χ3n) is 5.52. The average Bonchev–Trinajstić information content (AvgIpc) is 3.16. The van der Waals surface area contributed by atoms with E-state index >= 15 is 0 Å². The topological polar surface area (TPSA) is 53.9 Å². The highest BCUT2D eigenvalue weighted by atomic mass is 15.3. The lowest BCUT2D eigenvalue weighted by atomic mass is 9.90. The van der Waals surface area contributed by atoms with Gasteiger partial charge in [0.05, 0.1) is 6.20 Å². The van der Waals surface area contributed by atoms with Crippen LogP contribution in [0.4, 0.5) is 11.8 Å². The van der Waals surface area contributed by atoms with Gasteiger partial charge in [-0.1, -0.05) is 43.2 Å². The maximum absolute atomic E-state index is 4.71. The van der Waals surface area contributed by atoms with E-state index in [-0.39, 0.29) is 0 Å². The lowest BCUT2D eigenvalue weighted by molar-refractivity contribution is 0.400. The van der Waals surface area contributed by atoms with Gasteiger partial charge >= 0.3 is 0 Å². The zero-order chi connectivity index (χ0) is 16.9. The Labute approximate surface area is 149 Å². The van der Waals surface area contributed by atoms with E-state index in [9.17, 15) is 0 Å². The van der Waals surface area contributed by atoms with Crippen molar-refractivity contribution in [3.63, 3.8) is 0 Å². The molecule has 0 bridgehead atoms. The third kappa shape index (κ3) is 4.27. The second-order valence-corrected chi connectivity index (χ2v) is 7.39.